The number of carboxylic acids is 1. The number of hydrogen-bond donors (Lipinski definition) is 1. The first-order valence-corrected chi connectivity index (χ1v) is 7.22. The molecule has 0 radical (unpaired) electrons. The van der Waals surface area contributed by atoms with E-state index in [4.69, 9.17) is 5.11 Å². The molecule has 4 nitrogen and oxygen atoms in total. The molecule has 1 amide bonds. The molecule has 0 aliphatic heterocycles. The van der Waals surface area contributed by atoms with Crippen molar-refractivity contribution in [2.75, 3.05) is 19.3 Å². The Kier molecular flexibility index (Phi) is 7.03. The van der Waals surface area contributed by atoms with E-state index in [9.17, 15) is 9.59 Å². The summed E-state index contributed by atoms with van der Waals surface area (Å²) in [4.78, 5) is 24.9. The van der Waals surface area contributed by atoms with Crippen LogP contribution in [0, 0.1) is 0 Å². The van der Waals surface area contributed by atoms with Gasteiger partial charge >= 0.3 is 5.97 Å². The summed E-state index contributed by atoms with van der Waals surface area (Å²) in [5.41, 5.74) is 0. The Balaban J connectivity index is 2.18. The van der Waals surface area contributed by atoms with Crippen LogP contribution in [0.1, 0.15) is 19.3 Å². The molecule has 0 atom stereocenters. The Labute approximate surface area is 117 Å². The van der Waals surface area contributed by atoms with Crippen LogP contribution in [0.15, 0.2) is 35.2 Å². The van der Waals surface area contributed by atoms with Gasteiger partial charge in [-0.05, 0) is 18.6 Å². The lowest BCUT2D eigenvalue weighted by Crippen LogP contribution is -2.28. The summed E-state index contributed by atoms with van der Waals surface area (Å²) in [7, 11) is 1.72. The second-order valence-electron chi connectivity index (χ2n) is 4.22. The second kappa shape index (κ2) is 8.58. The normalized spacial score (nSPS) is 10.2. The van der Waals surface area contributed by atoms with Crippen molar-refractivity contribution in [3.63, 3.8) is 0 Å². The smallest absolute Gasteiger partial charge is 0.303 e. The predicted molar refractivity (Wildman–Crippen MR) is 76.3 cm³/mol. The maximum Gasteiger partial charge on any atom is 0.303 e. The van der Waals surface area contributed by atoms with E-state index >= 15 is 0 Å². The van der Waals surface area contributed by atoms with Crippen molar-refractivity contribution in [2.45, 2.75) is 24.2 Å². The van der Waals surface area contributed by atoms with Crippen molar-refractivity contribution in [3.05, 3.63) is 30.3 Å². The summed E-state index contributed by atoms with van der Waals surface area (Å²) in [5.74, 6) is -0.0131. The standard InChI is InChI=1S/C14H19NO3S/c1-15(10-5-8-14(17)18)13(16)9-11-19-12-6-3-2-4-7-12/h2-4,6-7H,5,8-11H2,1H3,(H,17,18). The number of carboxylic acid groups (broad SMARTS) is 1. The van der Waals surface area contributed by atoms with Gasteiger partial charge in [0.2, 0.25) is 5.91 Å². The van der Waals surface area contributed by atoms with E-state index in [0.29, 0.717) is 19.4 Å². The summed E-state index contributed by atoms with van der Waals surface area (Å²) in [5, 5.41) is 8.53. The number of thioether (sulfide) groups is 1. The van der Waals surface area contributed by atoms with Gasteiger partial charge in [-0.15, -0.1) is 11.8 Å². The van der Waals surface area contributed by atoms with Crippen LogP contribution in [-0.2, 0) is 9.59 Å². The molecule has 0 heterocycles. The largest absolute Gasteiger partial charge is 0.481 e. The minimum atomic E-state index is -0.819. The lowest BCUT2D eigenvalue weighted by Gasteiger charge is -2.16. The molecule has 0 spiro atoms. The molecular weight excluding hydrogens is 262 g/mol. The Morgan fingerprint density at radius 3 is 2.53 bits per heavy atom. The molecular formula is C14H19NO3S. The first-order valence-electron chi connectivity index (χ1n) is 6.23. The highest BCUT2D eigenvalue weighted by Crippen LogP contribution is 2.17. The minimum absolute atomic E-state index is 0.0637. The lowest BCUT2D eigenvalue weighted by molar-refractivity contribution is -0.138. The molecule has 0 unspecified atom stereocenters. The highest BCUT2D eigenvalue weighted by atomic mass is 32.2. The maximum atomic E-state index is 11.8. The molecule has 0 aliphatic rings. The molecule has 0 aliphatic carbocycles. The number of amides is 1. The summed E-state index contributed by atoms with van der Waals surface area (Å²) >= 11 is 1.65. The van der Waals surface area contributed by atoms with Gasteiger partial charge in [0.05, 0.1) is 0 Å². The fraction of sp³-hybridized carbons (Fsp3) is 0.429. The maximum absolute atomic E-state index is 11.8. The van der Waals surface area contributed by atoms with Crippen molar-refractivity contribution >= 4 is 23.6 Å². The third-order valence-electron chi connectivity index (χ3n) is 2.64. The van der Waals surface area contributed by atoms with Crippen LogP contribution >= 0.6 is 11.8 Å². The predicted octanol–water partition coefficient (Wildman–Crippen LogP) is 2.49. The van der Waals surface area contributed by atoms with Crippen molar-refractivity contribution < 1.29 is 14.7 Å². The van der Waals surface area contributed by atoms with E-state index in [-0.39, 0.29) is 12.3 Å². The van der Waals surface area contributed by atoms with Crippen molar-refractivity contribution in [1.29, 1.82) is 0 Å². The Morgan fingerprint density at radius 2 is 1.89 bits per heavy atom. The molecule has 19 heavy (non-hydrogen) atoms. The minimum Gasteiger partial charge on any atom is -0.481 e. The van der Waals surface area contributed by atoms with E-state index in [0.717, 1.165) is 10.6 Å². The van der Waals surface area contributed by atoms with Gasteiger partial charge < -0.3 is 10.0 Å². The fourth-order valence-corrected chi connectivity index (χ4v) is 2.42. The highest BCUT2D eigenvalue weighted by Gasteiger charge is 2.09. The molecule has 5 heteroatoms. The molecule has 104 valence electrons. The van der Waals surface area contributed by atoms with Gasteiger partial charge in [0.1, 0.15) is 0 Å². The number of aliphatic carboxylic acids is 1. The van der Waals surface area contributed by atoms with Crippen LogP contribution in [0.3, 0.4) is 0 Å². The molecule has 0 fully saturated rings. The second-order valence-corrected chi connectivity index (χ2v) is 5.39. The quantitative estimate of drug-likeness (QED) is 0.744. The van der Waals surface area contributed by atoms with Gasteiger partial charge in [0.25, 0.3) is 0 Å². The van der Waals surface area contributed by atoms with Crippen LogP contribution in [0.2, 0.25) is 0 Å². The SMILES string of the molecule is CN(CCCC(=O)O)C(=O)CCSc1ccccc1. The third-order valence-corrected chi connectivity index (χ3v) is 3.65. The topological polar surface area (TPSA) is 57.6 Å². The van der Waals surface area contributed by atoms with Crippen LogP contribution in [0.4, 0.5) is 0 Å². The summed E-state index contributed by atoms with van der Waals surface area (Å²) in [6.45, 7) is 0.501. The van der Waals surface area contributed by atoms with Crippen LogP contribution in [0.25, 0.3) is 0 Å². The van der Waals surface area contributed by atoms with E-state index < -0.39 is 5.97 Å². The Morgan fingerprint density at radius 1 is 1.21 bits per heavy atom. The number of nitrogens with zero attached hydrogens (tertiary/aromatic N) is 1. The molecule has 0 aromatic heterocycles. The Hall–Kier alpha value is -1.49. The third kappa shape index (κ3) is 6.86. The zero-order valence-corrected chi connectivity index (χ0v) is 11.9. The van der Waals surface area contributed by atoms with Crippen LogP contribution in [-0.4, -0.2) is 41.2 Å². The highest BCUT2D eigenvalue weighted by molar-refractivity contribution is 7.99. The molecule has 0 saturated carbocycles. The van der Waals surface area contributed by atoms with Gasteiger partial charge in [-0.25, -0.2) is 0 Å². The van der Waals surface area contributed by atoms with E-state index in [1.54, 1.807) is 23.7 Å². The van der Waals surface area contributed by atoms with Gasteiger partial charge in [-0.3, -0.25) is 9.59 Å². The number of carbonyl (C=O) groups excluding carboxylic acids is 1. The van der Waals surface area contributed by atoms with Gasteiger partial charge in [0, 0.05) is 37.1 Å². The van der Waals surface area contributed by atoms with Crippen LogP contribution < -0.4 is 0 Å². The number of rotatable bonds is 8. The summed E-state index contributed by atoms with van der Waals surface area (Å²) < 4.78 is 0. The fourth-order valence-electron chi connectivity index (χ4n) is 1.56. The first kappa shape index (κ1) is 15.6. The van der Waals surface area contributed by atoms with E-state index in [1.165, 1.54) is 0 Å². The zero-order chi connectivity index (χ0) is 14.1. The molecule has 0 saturated heterocycles. The van der Waals surface area contributed by atoms with E-state index in [1.807, 2.05) is 30.3 Å². The first-order chi connectivity index (χ1) is 9.09. The molecule has 1 rings (SSSR count). The lowest BCUT2D eigenvalue weighted by atomic mass is 10.3. The van der Waals surface area contributed by atoms with E-state index in [2.05, 4.69) is 0 Å². The number of benzene rings is 1. The van der Waals surface area contributed by atoms with Crippen molar-refractivity contribution in [2.24, 2.45) is 0 Å². The number of hydrogen-bond acceptors (Lipinski definition) is 3. The average molecular weight is 281 g/mol. The Bertz CT molecular complexity index is 408. The summed E-state index contributed by atoms with van der Waals surface area (Å²) in [6.07, 6.45) is 1.09. The van der Waals surface area contributed by atoms with Crippen molar-refractivity contribution in [3.8, 4) is 0 Å². The average Bonchev–Trinajstić information content (AvgIpc) is 2.39. The number of carbonyl (C=O) groups is 2. The van der Waals surface area contributed by atoms with Gasteiger partial charge in [0.15, 0.2) is 0 Å². The molecule has 0 bridgehead atoms. The zero-order valence-electron chi connectivity index (χ0n) is 11.0. The van der Waals surface area contributed by atoms with Crippen LogP contribution in [0.5, 0.6) is 0 Å². The molecule has 1 aromatic carbocycles. The summed E-state index contributed by atoms with van der Waals surface area (Å²) in [6, 6.07) is 9.95. The monoisotopic (exact) mass is 281 g/mol. The molecule has 1 N–H and O–H groups in total. The van der Waals surface area contributed by atoms with Gasteiger partial charge in [-0.1, -0.05) is 18.2 Å². The molecule has 1 aromatic rings. The van der Waals surface area contributed by atoms with Gasteiger partial charge in [-0.2, -0.15) is 0 Å². The van der Waals surface area contributed by atoms with Crippen molar-refractivity contribution in [1.82, 2.24) is 4.90 Å².